The van der Waals surface area contributed by atoms with E-state index in [9.17, 15) is 14.7 Å². The highest BCUT2D eigenvalue weighted by Gasteiger charge is 2.43. The molecule has 174 valence electrons. The number of hydrogen-bond acceptors (Lipinski definition) is 4. The Labute approximate surface area is 199 Å². The Kier molecular flexibility index (Phi) is 6.18. The van der Waals surface area contributed by atoms with Crippen LogP contribution in [0.3, 0.4) is 0 Å². The average Bonchev–Trinajstić information content (AvgIpc) is 3.42. The van der Waals surface area contributed by atoms with Crippen LogP contribution in [0.25, 0.3) is 0 Å². The summed E-state index contributed by atoms with van der Waals surface area (Å²) in [5.74, 6) is -0.332. The van der Waals surface area contributed by atoms with E-state index in [1.807, 2.05) is 54.6 Å². The molecular weight excluding hydrogens is 426 g/mol. The van der Waals surface area contributed by atoms with Crippen LogP contribution in [0.15, 0.2) is 91.0 Å². The van der Waals surface area contributed by atoms with Crippen molar-refractivity contribution in [2.45, 2.75) is 30.5 Å². The van der Waals surface area contributed by atoms with Crippen LogP contribution in [0, 0.1) is 5.92 Å². The number of benzene rings is 3. The summed E-state index contributed by atoms with van der Waals surface area (Å²) in [6.07, 6.45) is 0.562. The van der Waals surface area contributed by atoms with Crippen molar-refractivity contribution < 1.29 is 14.7 Å². The largest absolute Gasteiger partial charge is 0.393 e. The second kappa shape index (κ2) is 9.41. The molecule has 1 aliphatic carbocycles. The van der Waals surface area contributed by atoms with Gasteiger partial charge in [0.1, 0.15) is 6.54 Å². The maximum atomic E-state index is 12.2. The van der Waals surface area contributed by atoms with Gasteiger partial charge < -0.3 is 10.0 Å². The Bertz CT molecular complexity index is 1040. The van der Waals surface area contributed by atoms with Gasteiger partial charge in [-0.05, 0) is 35.4 Å². The molecule has 3 aromatic rings. The molecule has 3 amide bonds. The van der Waals surface area contributed by atoms with Gasteiger partial charge in [0, 0.05) is 12.6 Å². The zero-order chi connectivity index (χ0) is 23.5. The van der Waals surface area contributed by atoms with Gasteiger partial charge in [0.05, 0.1) is 11.6 Å². The van der Waals surface area contributed by atoms with Gasteiger partial charge in [0.15, 0.2) is 0 Å². The van der Waals surface area contributed by atoms with E-state index in [0.29, 0.717) is 19.4 Å². The molecular formula is C28H29N3O3. The minimum absolute atomic E-state index is 0.0518. The Balaban J connectivity index is 1.47. The first-order chi connectivity index (χ1) is 16.6. The van der Waals surface area contributed by atoms with Crippen molar-refractivity contribution >= 4 is 11.9 Å². The van der Waals surface area contributed by atoms with E-state index in [-0.39, 0.29) is 30.4 Å². The fourth-order valence-corrected chi connectivity index (χ4v) is 5.45. The Morgan fingerprint density at radius 1 is 0.824 bits per heavy atom. The number of aliphatic hydroxyl groups excluding tert-OH is 1. The Hall–Kier alpha value is -3.48. The molecule has 1 aliphatic heterocycles. The normalized spacial score (nSPS) is 22.7. The third-order valence-electron chi connectivity index (χ3n) is 7.14. The highest BCUT2D eigenvalue weighted by Crippen LogP contribution is 2.38. The average molecular weight is 456 g/mol. The molecule has 3 N–H and O–H groups in total. The summed E-state index contributed by atoms with van der Waals surface area (Å²) >= 11 is 0. The molecule has 1 saturated carbocycles. The second-order valence-corrected chi connectivity index (χ2v) is 9.16. The van der Waals surface area contributed by atoms with Crippen LogP contribution in [-0.2, 0) is 10.3 Å². The van der Waals surface area contributed by atoms with Crippen LogP contribution < -0.4 is 10.6 Å². The molecule has 1 heterocycles. The van der Waals surface area contributed by atoms with Gasteiger partial charge in [-0.3, -0.25) is 15.4 Å². The van der Waals surface area contributed by atoms with Crippen molar-refractivity contribution in [1.29, 1.82) is 0 Å². The Morgan fingerprint density at radius 3 is 1.76 bits per heavy atom. The molecule has 34 heavy (non-hydrogen) atoms. The van der Waals surface area contributed by atoms with Gasteiger partial charge >= 0.3 is 6.03 Å². The number of amides is 3. The first-order valence-corrected chi connectivity index (χ1v) is 11.8. The van der Waals surface area contributed by atoms with Crippen LogP contribution in [0.5, 0.6) is 0 Å². The lowest BCUT2D eigenvalue weighted by Gasteiger charge is -2.38. The van der Waals surface area contributed by atoms with E-state index in [0.717, 1.165) is 16.7 Å². The summed E-state index contributed by atoms with van der Waals surface area (Å²) in [7, 11) is 0. The second-order valence-electron chi connectivity index (χ2n) is 9.16. The van der Waals surface area contributed by atoms with Crippen molar-refractivity contribution in [3.63, 3.8) is 0 Å². The maximum absolute atomic E-state index is 12.2. The van der Waals surface area contributed by atoms with E-state index < -0.39 is 11.6 Å². The summed E-state index contributed by atoms with van der Waals surface area (Å²) in [6.45, 7) is 0.623. The lowest BCUT2D eigenvalue weighted by Crippen LogP contribution is -2.47. The first kappa shape index (κ1) is 22.3. The number of imide groups is 1. The summed E-state index contributed by atoms with van der Waals surface area (Å²) in [6, 6.07) is 30.5. The number of nitrogens with zero attached hydrogens (tertiary/aromatic N) is 1. The number of rotatable bonds is 7. The smallest absolute Gasteiger partial charge is 0.324 e. The lowest BCUT2D eigenvalue weighted by atomic mass is 9.76. The zero-order valence-corrected chi connectivity index (χ0v) is 18.9. The molecule has 3 aromatic carbocycles. The van der Waals surface area contributed by atoms with Crippen LogP contribution in [0.1, 0.15) is 29.5 Å². The molecule has 2 aliphatic rings. The van der Waals surface area contributed by atoms with Crippen LogP contribution in [-0.4, -0.2) is 47.2 Å². The summed E-state index contributed by atoms with van der Waals surface area (Å²) in [5, 5.41) is 17.1. The quantitative estimate of drug-likeness (QED) is 0.377. The van der Waals surface area contributed by atoms with Crippen molar-refractivity contribution in [2.24, 2.45) is 5.92 Å². The fourth-order valence-electron chi connectivity index (χ4n) is 5.45. The van der Waals surface area contributed by atoms with Crippen molar-refractivity contribution in [3.8, 4) is 0 Å². The highest BCUT2D eigenvalue weighted by molar-refractivity contribution is 6.02. The minimum atomic E-state index is -0.609. The van der Waals surface area contributed by atoms with Gasteiger partial charge in [-0.15, -0.1) is 0 Å². The third kappa shape index (κ3) is 4.11. The van der Waals surface area contributed by atoms with E-state index in [1.165, 1.54) is 0 Å². The van der Waals surface area contributed by atoms with Gasteiger partial charge in [-0.25, -0.2) is 4.79 Å². The number of hydrogen-bond donors (Lipinski definition) is 3. The molecule has 0 bridgehead atoms. The molecule has 1 saturated heterocycles. The molecule has 2 fully saturated rings. The number of carbonyl (C=O) groups excluding carboxylic acids is 2. The summed E-state index contributed by atoms with van der Waals surface area (Å²) in [5.41, 5.74) is 2.73. The zero-order valence-electron chi connectivity index (χ0n) is 18.9. The molecule has 6 heteroatoms. The molecule has 3 atom stereocenters. The maximum Gasteiger partial charge on any atom is 0.324 e. The van der Waals surface area contributed by atoms with Crippen molar-refractivity contribution in [3.05, 3.63) is 108 Å². The first-order valence-electron chi connectivity index (χ1n) is 11.8. The topological polar surface area (TPSA) is 81.7 Å². The van der Waals surface area contributed by atoms with E-state index in [1.54, 1.807) is 4.90 Å². The molecule has 0 spiro atoms. The highest BCUT2D eigenvalue weighted by atomic mass is 16.3. The molecule has 0 radical (unpaired) electrons. The Morgan fingerprint density at radius 2 is 1.32 bits per heavy atom. The van der Waals surface area contributed by atoms with Crippen LogP contribution >= 0.6 is 0 Å². The molecule has 0 aromatic heterocycles. The number of aliphatic hydroxyl groups is 1. The minimum Gasteiger partial charge on any atom is -0.393 e. The standard InChI is InChI=1S/C28H29N3O3/c32-25-17-24(31-19-26(33)30-27(31)34)16-20(25)18-29-28(21-10-4-1-5-11-21,22-12-6-2-7-13-22)23-14-8-3-9-15-23/h1-15,20,24-25,29,32H,16-19H2,(H,30,33,34)/t20-,24-,25+/m0/s1. The lowest BCUT2D eigenvalue weighted by molar-refractivity contribution is -0.118. The third-order valence-corrected chi connectivity index (χ3v) is 7.14. The predicted octanol–water partition coefficient (Wildman–Crippen LogP) is 3.26. The van der Waals surface area contributed by atoms with Gasteiger partial charge in [0.25, 0.3) is 0 Å². The molecule has 6 nitrogen and oxygen atoms in total. The monoisotopic (exact) mass is 455 g/mol. The van der Waals surface area contributed by atoms with Crippen LogP contribution in [0.4, 0.5) is 4.79 Å². The molecule has 0 unspecified atom stereocenters. The van der Waals surface area contributed by atoms with Crippen molar-refractivity contribution in [2.75, 3.05) is 13.1 Å². The number of urea groups is 1. The van der Waals surface area contributed by atoms with E-state index in [4.69, 9.17) is 0 Å². The SMILES string of the molecule is O=C1CN([C@H]2C[C@@H](CNC(c3ccccc3)(c3ccccc3)c3ccccc3)[C@H](O)C2)C(=O)N1. The molecule has 5 rings (SSSR count). The predicted molar refractivity (Wildman–Crippen MR) is 130 cm³/mol. The van der Waals surface area contributed by atoms with E-state index >= 15 is 0 Å². The summed E-state index contributed by atoms with van der Waals surface area (Å²) < 4.78 is 0. The number of nitrogens with one attached hydrogen (secondary N) is 2. The fraction of sp³-hybridized carbons (Fsp3) is 0.286. The van der Waals surface area contributed by atoms with E-state index in [2.05, 4.69) is 47.0 Å². The number of carbonyl (C=O) groups is 2. The summed E-state index contributed by atoms with van der Waals surface area (Å²) in [4.78, 5) is 25.4. The van der Waals surface area contributed by atoms with Gasteiger partial charge in [0.2, 0.25) is 5.91 Å². The van der Waals surface area contributed by atoms with Crippen LogP contribution in [0.2, 0.25) is 0 Å². The van der Waals surface area contributed by atoms with Gasteiger partial charge in [-0.1, -0.05) is 91.0 Å². The van der Waals surface area contributed by atoms with Gasteiger partial charge in [-0.2, -0.15) is 0 Å². The van der Waals surface area contributed by atoms with Crippen molar-refractivity contribution in [1.82, 2.24) is 15.5 Å².